The Labute approximate surface area is 139 Å². The van der Waals surface area contributed by atoms with Crippen molar-refractivity contribution in [3.8, 4) is 0 Å². The van der Waals surface area contributed by atoms with E-state index in [1.807, 2.05) is 23.1 Å². The molecule has 0 bridgehead atoms. The van der Waals surface area contributed by atoms with Crippen LogP contribution in [0.1, 0.15) is 24.6 Å². The number of hydrogen-bond donors (Lipinski definition) is 1. The van der Waals surface area contributed by atoms with Crippen molar-refractivity contribution in [3.05, 3.63) is 64.9 Å². The molecule has 2 heterocycles. The molecular formula is C18H17ClFN2O+. The fourth-order valence-electron chi connectivity index (χ4n) is 3.86. The van der Waals surface area contributed by atoms with E-state index in [-0.39, 0.29) is 23.9 Å². The number of benzene rings is 2. The summed E-state index contributed by atoms with van der Waals surface area (Å²) >= 11 is 5.97. The Kier molecular flexibility index (Phi) is 3.58. The van der Waals surface area contributed by atoms with Gasteiger partial charge in [0.05, 0.1) is 12.2 Å². The van der Waals surface area contributed by atoms with Gasteiger partial charge in [-0.15, -0.1) is 0 Å². The largest absolute Gasteiger partial charge is 0.301 e. The van der Waals surface area contributed by atoms with Gasteiger partial charge in [0.1, 0.15) is 5.82 Å². The molecule has 0 saturated carbocycles. The first-order chi connectivity index (χ1) is 11.1. The quantitative estimate of drug-likeness (QED) is 0.899. The van der Waals surface area contributed by atoms with Crippen LogP contribution in [0, 0.1) is 5.82 Å². The van der Waals surface area contributed by atoms with Gasteiger partial charge in [0, 0.05) is 23.4 Å². The summed E-state index contributed by atoms with van der Waals surface area (Å²) in [5, 5.41) is 0.635. The van der Waals surface area contributed by atoms with Gasteiger partial charge >= 0.3 is 0 Å². The van der Waals surface area contributed by atoms with E-state index in [1.165, 1.54) is 17.0 Å². The van der Waals surface area contributed by atoms with E-state index in [4.69, 9.17) is 11.6 Å². The van der Waals surface area contributed by atoms with Crippen molar-refractivity contribution in [2.75, 3.05) is 11.4 Å². The standard InChI is InChI=1S/C18H16ClFN2O/c19-13-6-8-15(9-7-13)22-17(12-3-1-4-14(20)11-12)21-10-2-5-16(21)18(22)23/h1,3-4,6-9,11,16-17H,2,5,10H2/p+1. The van der Waals surface area contributed by atoms with Gasteiger partial charge in [-0.1, -0.05) is 23.7 Å². The Bertz CT molecular complexity index is 749. The lowest BCUT2D eigenvalue weighted by molar-refractivity contribution is -0.924. The number of carbonyl (C=O) groups excluding carboxylic acids is 1. The number of halogens is 2. The third-order valence-electron chi connectivity index (χ3n) is 4.82. The van der Waals surface area contributed by atoms with Gasteiger partial charge in [-0.3, -0.25) is 9.69 Å². The number of hydrogen-bond acceptors (Lipinski definition) is 1. The van der Waals surface area contributed by atoms with E-state index in [0.717, 1.165) is 30.6 Å². The van der Waals surface area contributed by atoms with Crippen molar-refractivity contribution < 1.29 is 14.1 Å². The average molecular weight is 332 g/mol. The number of quaternary nitrogens is 1. The maximum Gasteiger partial charge on any atom is 0.290 e. The van der Waals surface area contributed by atoms with Gasteiger partial charge < -0.3 is 4.90 Å². The molecule has 4 rings (SSSR count). The topological polar surface area (TPSA) is 24.8 Å². The van der Waals surface area contributed by atoms with Crippen molar-refractivity contribution in [1.82, 2.24) is 0 Å². The number of nitrogens with one attached hydrogen (secondary N) is 1. The van der Waals surface area contributed by atoms with Crippen LogP contribution in [0.2, 0.25) is 5.02 Å². The molecule has 3 unspecified atom stereocenters. The highest BCUT2D eigenvalue weighted by Gasteiger charge is 2.53. The summed E-state index contributed by atoms with van der Waals surface area (Å²) in [5.74, 6) is -0.151. The number of carbonyl (C=O) groups is 1. The Morgan fingerprint density at radius 3 is 2.70 bits per heavy atom. The first-order valence-corrected chi connectivity index (χ1v) is 8.22. The molecule has 3 atom stereocenters. The molecule has 2 aliphatic heterocycles. The molecule has 2 aromatic rings. The van der Waals surface area contributed by atoms with E-state index in [9.17, 15) is 9.18 Å². The molecule has 0 aliphatic carbocycles. The molecule has 118 valence electrons. The maximum atomic E-state index is 13.7. The summed E-state index contributed by atoms with van der Waals surface area (Å²) in [6.45, 7) is 0.932. The number of rotatable bonds is 2. The first-order valence-electron chi connectivity index (χ1n) is 7.85. The second-order valence-corrected chi connectivity index (χ2v) is 6.60. The van der Waals surface area contributed by atoms with Crippen molar-refractivity contribution in [2.24, 2.45) is 0 Å². The summed E-state index contributed by atoms with van der Waals surface area (Å²) < 4.78 is 13.7. The van der Waals surface area contributed by atoms with E-state index in [1.54, 1.807) is 18.2 Å². The molecule has 0 spiro atoms. The van der Waals surface area contributed by atoms with Crippen molar-refractivity contribution in [2.45, 2.75) is 25.0 Å². The zero-order chi connectivity index (χ0) is 16.0. The average Bonchev–Trinajstić information content (AvgIpc) is 3.11. The Balaban J connectivity index is 1.81. The van der Waals surface area contributed by atoms with Crippen LogP contribution in [0.3, 0.4) is 0 Å². The Morgan fingerprint density at radius 1 is 1.17 bits per heavy atom. The minimum Gasteiger partial charge on any atom is -0.301 e. The second kappa shape index (κ2) is 5.62. The van der Waals surface area contributed by atoms with Crippen LogP contribution in [-0.4, -0.2) is 18.5 Å². The van der Waals surface area contributed by atoms with Gasteiger partial charge in [-0.25, -0.2) is 4.39 Å². The lowest BCUT2D eigenvalue weighted by atomic mass is 10.1. The zero-order valence-corrected chi connectivity index (χ0v) is 13.3. The van der Waals surface area contributed by atoms with E-state index < -0.39 is 0 Å². The fraction of sp³-hybridized carbons (Fsp3) is 0.278. The van der Waals surface area contributed by atoms with Crippen LogP contribution in [0.25, 0.3) is 0 Å². The molecule has 2 fully saturated rings. The molecule has 2 saturated heterocycles. The third kappa shape index (κ3) is 2.42. The second-order valence-electron chi connectivity index (χ2n) is 6.16. The Hall–Kier alpha value is -1.91. The van der Waals surface area contributed by atoms with Crippen molar-refractivity contribution in [3.63, 3.8) is 0 Å². The summed E-state index contributed by atoms with van der Waals surface area (Å²) in [4.78, 5) is 15.9. The molecule has 0 aromatic heterocycles. The molecule has 1 N–H and O–H groups in total. The lowest BCUT2D eigenvalue weighted by Gasteiger charge is -2.26. The highest BCUT2D eigenvalue weighted by atomic mass is 35.5. The molecule has 5 heteroatoms. The molecule has 23 heavy (non-hydrogen) atoms. The SMILES string of the molecule is O=C1C2CCC[NH+]2C(c2cccc(F)c2)N1c1ccc(Cl)cc1. The monoisotopic (exact) mass is 331 g/mol. The van der Waals surface area contributed by atoms with E-state index >= 15 is 0 Å². The minimum absolute atomic E-state index is 0.0288. The molecule has 2 aliphatic rings. The van der Waals surface area contributed by atoms with Gasteiger partial charge in [0.25, 0.3) is 5.91 Å². The van der Waals surface area contributed by atoms with Gasteiger partial charge in [-0.2, -0.15) is 0 Å². The van der Waals surface area contributed by atoms with Crippen molar-refractivity contribution in [1.29, 1.82) is 0 Å². The number of nitrogens with zero attached hydrogens (tertiary/aromatic N) is 1. The fourth-order valence-corrected chi connectivity index (χ4v) is 3.98. The van der Waals surface area contributed by atoms with Crippen LogP contribution in [0.4, 0.5) is 10.1 Å². The highest BCUT2D eigenvalue weighted by Crippen LogP contribution is 2.31. The van der Waals surface area contributed by atoms with Crippen LogP contribution in [-0.2, 0) is 4.79 Å². The predicted octanol–water partition coefficient (Wildman–Crippen LogP) is 2.57. The number of fused-ring (bicyclic) bond motifs is 1. The Morgan fingerprint density at radius 2 is 1.96 bits per heavy atom. The van der Waals surface area contributed by atoms with Crippen molar-refractivity contribution >= 4 is 23.2 Å². The van der Waals surface area contributed by atoms with E-state index in [2.05, 4.69) is 0 Å². The van der Waals surface area contributed by atoms with Gasteiger partial charge in [0.2, 0.25) is 0 Å². The van der Waals surface area contributed by atoms with E-state index in [0.29, 0.717) is 5.02 Å². The van der Waals surface area contributed by atoms with Gasteiger partial charge in [0.15, 0.2) is 12.2 Å². The molecular weight excluding hydrogens is 315 g/mol. The van der Waals surface area contributed by atoms with Crippen LogP contribution in [0.15, 0.2) is 48.5 Å². The molecule has 2 aromatic carbocycles. The van der Waals surface area contributed by atoms with Crippen LogP contribution < -0.4 is 9.80 Å². The lowest BCUT2D eigenvalue weighted by Crippen LogP contribution is -3.12. The number of anilines is 1. The summed E-state index contributed by atoms with van der Waals surface area (Å²) in [5.41, 5.74) is 1.66. The first kappa shape index (κ1) is 14.7. The summed E-state index contributed by atoms with van der Waals surface area (Å²) in [7, 11) is 0. The smallest absolute Gasteiger partial charge is 0.290 e. The third-order valence-corrected chi connectivity index (χ3v) is 5.07. The normalized spacial score (nSPS) is 26.6. The summed E-state index contributed by atoms with van der Waals surface area (Å²) in [6, 6.07) is 13.8. The molecule has 3 nitrogen and oxygen atoms in total. The predicted molar refractivity (Wildman–Crippen MR) is 86.9 cm³/mol. The van der Waals surface area contributed by atoms with Gasteiger partial charge in [-0.05, 0) is 36.4 Å². The zero-order valence-electron chi connectivity index (χ0n) is 12.5. The minimum atomic E-state index is -0.270. The number of amides is 1. The highest BCUT2D eigenvalue weighted by molar-refractivity contribution is 6.30. The summed E-state index contributed by atoms with van der Waals surface area (Å²) in [6.07, 6.45) is 1.75. The van der Waals surface area contributed by atoms with Crippen LogP contribution >= 0.6 is 11.6 Å². The molecule has 0 radical (unpaired) electrons. The maximum absolute atomic E-state index is 13.7. The molecule has 1 amide bonds. The van der Waals surface area contributed by atoms with Crippen LogP contribution in [0.5, 0.6) is 0 Å².